The van der Waals surface area contributed by atoms with E-state index in [-0.39, 0.29) is 23.4 Å². The van der Waals surface area contributed by atoms with Gasteiger partial charge in [-0.3, -0.25) is 14.3 Å². The molecule has 2 heterocycles. The zero-order chi connectivity index (χ0) is 20.6. The van der Waals surface area contributed by atoms with E-state index in [4.69, 9.17) is 0 Å². The van der Waals surface area contributed by atoms with Crippen molar-refractivity contribution < 1.29 is 4.79 Å². The van der Waals surface area contributed by atoms with Crippen LogP contribution >= 0.6 is 0 Å². The van der Waals surface area contributed by atoms with Gasteiger partial charge >= 0.3 is 0 Å². The van der Waals surface area contributed by atoms with Gasteiger partial charge in [-0.1, -0.05) is 31.2 Å². The van der Waals surface area contributed by atoms with Gasteiger partial charge in [-0.05, 0) is 45.7 Å². The van der Waals surface area contributed by atoms with Crippen LogP contribution in [0.3, 0.4) is 0 Å². The molecule has 0 unspecified atom stereocenters. The van der Waals surface area contributed by atoms with E-state index in [1.54, 1.807) is 24.3 Å². The normalized spacial score (nSPS) is 12.7. The Balaban J connectivity index is 2.01. The molecule has 0 bridgehead atoms. The third kappa shape index (κ3) is 3.42. The van der Waals surface area contributed by atoms with Gasteiger partial charge in [0.2, 0.25) is 5.91 Å². The summed E-state index contributed by atoms with van der Waals surface area (Å²) in [7, 11) is 0. The Kier molecular flexibility index (Phi) is 5.31. The molecule has 0 spiro atoms. The molecule has 0 aliphatic heterocycles. The molecule has 3 rings (SSSR count). The van der Waals surface area contributed by atoms with Crippen molar-refractivity contribution in [2.45, 2.75) is 53.6 Å². The zero-order valence-electron chi connectivity index (χ0n) is 17.1. The smallest absolute Gasteiger partial charge is 0.278 e. The number of fused-ring (bicyclic) bond motifs is 1. The maximum Gasteiger partial charge on any atom is 0.278 e. The molecule has 1 N–H and O–H groups in total. The van der Waals surface area contributed by atoms with Crippen LogP contribution in [0.25, 0.3) is 10.9 Å². The monoisotopic (exact) mass is 382 g/mol. The molecule has 0 aliphatic carbocycles. The van der Waals surface area contributed by atoms with Crippen molar-refractivity contribution in [1.29, 1.82) is 0 Å². The summed E-state index contributed by atoms with van der Waals surface area (Å²) in [5, 5.41) is 16.1. The fourth-order valence-electron chi connectivity index (χ4n) is 3.42. The summed E-state index contributed by atoms with van der Waals surface area (Å²) >= 11 is 0. The summed E-state index contributed by atoms with van der Waals surface area (Å²) < 4.78 is 3.05. The third-order valence-electron chi connectivity index (χ3n) is 4.82. The lowest BCUT2D eigenvalue weighted by atomic mass is 10.0. The molecule has 0 aliphatic rings. The number of amides is 1. The lowest BCUT2D eigenvalue weighted by Gasteiger charge is -2.21. The van der Waals surface area contributed by atoms with E-state index < -0.39 is 6.04 Å². The van der Waals surface area contributed by atoms with E-state index in [2.05, 4.69) is 20.7 Å². The van der Waals surface area contributed by atoms with Crippen LogP contribution < -0.4 is 10.9 Å². The topological polar surface area (TPSA) is 94.7 Å². The molecular formula is C20H26N6O2. The van der Waals surface area contributed by atoms with E-state index in [1.807, 2.05) is 46.2 Å². The van der Waals surface area contributed by atoms with Crippen LogP contribution in [0.1, 0.15) is 51.2 Å². The number of hydrogen-bond acceptors (Lipinski definition) is 5. The molecule has 0 saturated carbocycles. The first kappa shape index (κ1) is 19.7. The first-order valence-electron chi connectivity index (χ1n) is 9.43. The first-order chi connectivity index (χ1) is 13.2. The Labute approximate surface area is 163 Å². The van der Waals surface area contributed by atoms with Gasteiger partial charge in [0.15, 0.2) is 0 Å². The van der Waals surface area contributed by atoms with Crippen LogP contribution in [0.2, 0.25) is 0 Å². The van der Waals surface area contributed by atoms with E-state index in [0.29, 0.717) is 16.6 Å². The number of hydrogen-bond donors (Lipinski definition) is 1. The van der Waals surface area contributed by atoms with Gasteiger partial charge < -0.3 is 5.32 Å². The van der Waals surface area contributed by atoms with Gasteiger partial charge in [-0.2, -0.15) is 9.78 Å². The van der Waals surface area contributed by atoms with Crippen molar-refractivity contribution in [3.63, 3.8) is 0 Å². The number of nitrogens with zero attached hydrogens (tertiary/aromatic N) is 5. The molecule has 1 atom stereocenters. The number of carbonyl (C=O) groups is 1. The summed E-state index contributed by atoms with van der Waals surface area (Å²) in [5.74, 6) is -0.467. The van der Waals surface area contributed by atoms with Gasteiger partial charge in [-0.25, -0.2) is 0 Å². The molecule has 28 heavy (non-hydrogen) atoms. The highest BCUT2D eigenvalue weighted by molar-refractivity contribution is 5.95. The number of aryl methyl sites for hydroxylation is 1. The SMILES string of the molecule is Cc1nn(C(C)C)c(C)c1NC(=O)[C@@H](C(C)C)n1nnc2ccccc2c1=O. The second-order valence-corrected chi connectivity index (χ2v) is 7.62. The predicted octanol–water partition coefficient (Wildman–Crippen LogP) is 3.02. The lowest BCUT2D eigenvalue weighted by Crippen LogP contribution is -2.38. The minimum absolute atomic E-state index is 0.158. The summed E-state index contributed by atoms with van der Waals surface area (Å²) in [6, 6.07) is 6.38. The minimum Gasteiger partial charge on any atom is -0.321 e. The van der Waals surface area contributed by atoms with E-state index in [0.717, 1.165) is 11.4 Å². The molecule has 1 aromatic carbocycles. The van der Waals surface area contributed by atoms with Crippen LogP contribution in [-0.4, -0.2) is 30.7 Å². The largest absolute Gasteiger partial charge is 0.321 e. The lowest BCUT2D eigenvalue weighted by molar-refractivity contribution is -0.120. The Morgan fingerprint density at radius 2 is 1.75 bits per heavy atom. The molecule has 0 saturated heterocycles. The Bertz CT molecular complexity index is 1080. The van der Waals surface area contributed by atoms with Crippen LogP contribution in [0.5, 0.6) is 0 Å². The van der Waals surface area contributed by atoms with Crippen molar-refractivity contribution in [3.8, 4) is 0 Å². The van der Waals surface area contributed by atoms with Gasteiger partial charge in [-0.15, -0.1) is 5.10 Å². The number of rotatable bonds is 5. The highest BCUT2D eigenvalue weighted by atomic mass is 16.2. The molecule has 0 fully saturated rings. The quantitative estimate of drug-likeness (QED) is 0.732. The van der Waals surface area contributed by atoms with Crippen molar-refractivity contribution in [1.82, 2.24) is 24.8 Å². The molecule has 2 aromatic heterocycles. The molecule has 3 aromatic rings. The summed E-state index contributed by atoms with van der Waals surface area (Å²) in [4.78, 5) is 26.1. The fraction of sp³-hybridized carbons (Fsp3) is 0.450. The third-order valence-corrected chi connectivity index (χ3v) is 4.82. The van der Waals surface area contributed by atoms with Gasteiger partial charge in [0.05, 0.1) is 22.5 Å². The van der Waals surface area contributed by atoms with Crippen molar-refractivity contribution in [2.24, 2.45) is 5.92 Å². The van der Waals surface area contributed by atoms with Crippen LogP contribution in [-0.2, 0) is 4.79 Å². The second-order valence-electron chi connectivity index (χ2n) is 7.62. The summed E-state index contributed by atoms with van der Waals surface area (Å²) in [5.41, 5.74) is 2.47. The average molecular weight is 382 g/mol. The Morgan fingerprint density at radius 3 is 2.36 bits per heavy atom. The summed E-state index contributed by atoms with van der Waals surface area (Å²) in [6.45, 7) is 11.6. The molecular weight excluding hydrogens is 356 g/mol. The molecule has 1 amide bonds. The highest BCUT2D eigenvalue weighted by Gasteiger charge is 2.29. The predicted molar refractivity (Wildman–Crippen MR) is 108 cm³/mol. The maximum absolute atomic E-state index is 13.2. The van der Waals surface area contributed by atoms with Crippen LogP contribution in [0, 0.1) is 19.8 Å². The molecule has 148 valence electrons. The first-order valence-corrected chi connectivity index (χ1v) is 9.43. The van der Waals surface area contributed by atoms with E-state index in [9.17, 15) is 9.59 Å². The van der Waals surface area contributed by atoms with E-state index >= 15 is 0 Å². The standard InChI is InChI=1S/C20H26N6O2/c1-11(2)18(26-20(28)15-9-7-8-10-16(15)22-24-26)19(27)21-17-13(5)23-25(12(3)4)14(17)6/h7-12,18H,1-6H3,(H,21,27)/t18-/m1/s1. The van der Waals surface area contributed by atoms with E-state index in [1.165, 1.54) is 4.68 Å². The van der Waals surface area contributed by atoms with Crippen molar-refractivity contribution >= 4 is 22.5 Å². The number of aromatic nitrogens is 5. The maximum atomic E-state index is 13.2. The van der Waals surface area contributed by atoms with Crippen molar-refractivity contribution in [2.75, 3.05) is 5.32 Å². The number of carbonyl (C=O) groups excluding carboxylic acids is 1. The van der Waals surface area contributed by atoms with Crippen LogP contribution in [0.4, 0.5) is 5.69 Å². The molecule has 8 nitrogen and oxygen atoms in total. The molecule has 0 radical (unpaired) electrons. The summed E-state index contributed by atoms with van der Waals surface area (Å²) in [6.07, 6.45) is 0. The van der Waals surface area contributed by atoms with Crippen LogP contribution in [0.15, 0.2) is 29.1 Å². The number of benzene rings is 1. The van der Waals surface area contributed by atoms with Gasteiger partial charge in [0, 0.05) is 6.04 Å². The Hall–Kier alpha value is -3.03. The zero-order valence-corrected chi connectivity index (χ0v) is 17.1. The number of nitrogens with one attached hydrogen (secondary N) is 1. The fourth-order valence-corrected chi connectivity index (χ4v) is 3.42. The van der Waals surface area contributed by atoms with Gasteiger partial charge in [0.1, 0.15) is 11.6 Å². The van der Waals surface area contributed by atoms with Crippen molar-refractivity contribution in [3.05, 3.63) is 46.0 Å². The molecule has 8 heteroatoms. The Morgan fingerprint density at radius 1 is 1.07 bits per heavy atom. The minimum atomic E-state index is -0.786. The number of anilines is 1. The second kappa shape index (κ2) is 7.53. The highest BCUT2D eigenvalue weighted by Crippen LogP contribution is 2.25. The van der Waals surface area contributed by atoms with Gasteiger partial charge in [0.25, 0.3) is 5.56 Å². The average Bonchev–Trinajstić information content (AvgIpc) is 2.92.